The number of nitrogens with zero attached hydrogens (tertiary/aromatic N) is 3. The first-order valence-corrected chi connectivity index (χ1v) is 8.96. The Kier molecular flexibility index (Phi) is 5.43. The zero-order valence-electron chi connectivity index (χ0n) is 14.8. The quantitative estimate of drug-likeness (QED) is 0.691. The van der Waals surface area contributed by atoms with Gasteiger partial charge < -0.3 is 5.32 Å². The molecule has 1 N–H and O–H groups in total. The third-order valence-electron chi connectivity index (χ3n) is 4.13. The molecule has 0 saturated heterocycles. The first-order chi connectivity index (χ1) is 12.2. The number of hydrogen-bond donors (Lipinski definition) is 1. The molecule has 5 nitrogen and oxygen atoms in total. The Hall–Kier alpha value is -2.69. The normalized spacial score (nSPS) is 11.0. The maximum atomic E-state index is 11.7. The van der Waals surface area contributed by atoms with Gasteiger partial charge in [-0.15, -0.1) is 10.2 Å². The molecule has 0 atom stereocenters. The first kappa shape index (κ1) is 17.1. The zero-order chi connectivity index (χ0) is 17.6. The van der Waals surface area contributed by atoms with Gasteiger partial charge in [-0.2, -0.15) is 4.80 Å². The van der Waals surface area contributed by atoms with Crippen molar-refractivity contribution in [2.24, 2.45) is 0 Å². The van der Waals surface area contributed by atoms with Crippen molar-refractivity contribution >= 4 is 22.6 Å². The monoisotopic (exact) mass is 336 g/mol. The van der Waals surface area contributed by atoms with Crippen LogP contribution in [0.2, 0.25) is 0 Å². The lowest BCUT2D eigenvalue weighted by Crippen LogP contribution is -2.10. The smallest absolute Gasteiger partial charge is 0.224 e. The number of hydrogen-bond acceptors (Lipinski definition) is 3. The molecule has 3 aromatic rings. The van der Waals surface area contributed by atoms with E-state index in [2.05, 4.69) is 34.6 Å². The molecule has 0 aliphatic rings. The molecule has 1 heterocycles. The van der Waals surface area contributed by atoms with E-state index in [4.69, 9.17) is 0 Å². The number of carbonyl (C=O) groups excluding carboxylic acids is 1. The van der Waals surface area contributed by atoms with Crippen molar-refractivity contribution in [2.75, 3.05) is 5.32 Å². The van der Waals surface area contributed by atoms with Gasteiger partial charge in [-0.25, -0.2) is 0 Å². The van der Waals surface area contributed by atoms with Crippen LogP contribution in [0, 0.1) is 0 Å². The van der Waals surface area contributed by atoms with Gasteiger partial charge in [-0.1, -0.05) is 32.4 Å². The zero-order valence-corrected chi connectivity index (χ0v) is 14.8. The third-order valence-corrected chi connectivity index (χ3v) is 4.13. The van der Waals surface area contributed by atoms with Crippen LogP contribution < -0.4 is 5.32 Å². The van der Waals surface area contributed by atoms with Gasteiger partial charge >= 0.3 is 0 Å². The molecule has 2 aromatic carbocycles. The highest BCUT2D eigenvalue weighted by Gasteiger charge is 2.07. The van der Waals surface area contributed by atoms with Crippen molar-refractivity contribution in [3.05, 3.63) is 48.0 Å². The highest BCUT2D eigenvalue weighted by molar-refractivity contribution is 5.92. The van der Waals surface area contributed by atoms with Gasteiger partial charge in [-0.05, 0) is 55.2 Å². The van der Waals surface area contributed by atoms with Crippen molar-refractivity contribution in [1.82, 2.24) is 15.0 Å². The van der Waals surface area contributed by atoms with Crippen LogP contribution in [0.3, 0.4) is 0 Å². The molecule has 0 fully saturated rings. The van der Waals surface area contributed by atoms with E-state index < -0.39 is 0 Å². The van der Waals surface area contributed by atoms with E-state index in [1.807, 2.05) is 37.3 Å². The maximum absolute atomic E-state index is 11.7. The Balaban J connectivity index is 1.79. The van der Waals surface area contributed by atoms with E-state index in [1.54, 1.807) is 4.80 Å². The minimum Gasteiger partial charge on any atom is -0.326 e. The number of amides is 1. The summed E-state index contributed by atoms with van der Waals surface area (Å²) in [4.78, 5) is 13.4. The van der Waals surface area contributed by atoms with Gasteiger partial charge in [0.1, 0.15) is 11.0 Å². The molecule has 0 unspecified atom stereocenters. The summed E-state index contributed by atoms with van der Waals surface area (Å²) in [5.41, 5.74) is 4.61. The van der Waals surface area contributed by atoms with E-state index in [9.17, 15) is 4.79 Å². The summed E-state index contributed by atoms with van der Waals surface area (Å²) >= 11 is 0. The minimum atomic E-state index is 0.0249. The summed E-state index contributed by atoms with van der Waals surface area (Å²) < 4.78 is 0. The molecule has 0 saturated carbocycles. The predicted molar refractivity (Wildman–Crippen MR) is 101 cm³/mol. The van der Waals surface area contributed by atoms with Crippen molar-refractivity contribution < 1.29 is 4.79 Å². The number of fused-ring (bicyclic) bond motifs is 1. The van der Waals surface area contributed by atoms with Crippen LogP contribution in [-0.2, 0) is 11.2 Å². The molecular weight excluding hydrogens is 312 g/mol. The second-order valence-electron chi connectivity index (χ2n) is 6.26. The Labute approximate surface area is 148 Å². The van der Waals surface area contributed by atoms with Crippen LogP contribution in [0.4, 0.5) is 5.69 Å². The van der Waals surface area contributed by atoms with Gasteiger partial charge in [-0.3, -0.25) is 4.79 Å². The fourth-order valence-corrected chi connectivity index (χ4v) is 2.74. The molecule has 5 heteroatoms. The van der Waals surface area contributed by atoms with E-state index >= 15 is 0 Å². The molecule has 1 aromatic heterocycles. The van der Waals surface area contributed by atoms with Crippen LogP contribution in [-0.4, -0.2) is 20.9 Å². The molecule has 130 valence electrons. The lowest BCUT2D eigenvalue weighted by atomic mass is 10.1. The topological polar surface area (TPSA) is 59.8 Å². The van der Waals surface area contributed by atoms with Gasteiger partial charge in [0.2, 0.25) is 5.91 Å². The molecule has 0 aliphatic heterocycles. The number of aromatic nitrogens is 3. The van der Waals surface area contributed by atoms with Crippen molar-refractivity contribution in [3.8, 4) is 5.69 Å². The van der Waals surface area contributed by atoms with Crippen molar-refractivity contribution in [1.29, 1.82) is 0 Å². The third kappa shape index (κ3) is 4.24. The number of unbranched alkanes of at least 4 members (excludes halogenated alkanes) is 1. The lowest BCUT2D eigenvalue weighted by Gasteiger charge is -2.03. The van der Waals surface area contributed by atoms with E-state index in [0.29, 0.717) is 6.42 Å². The van der Waals surface area contributed by atoms with Crippen LogP contribution >= 0.6 is 0 Å². The van der Waals surface area contributed by atoms with Crippen LogP contribution in [0.1, 0.15) is 45.1 Å². The summed E-state index contributed by atoms with van der Waals surface area (Å²) in [5.74, 6) is 0.0249. The number of nitrogens with one attached hydrogen (secondary N) is 1. The number of carbonyl (C=O) groups is 1. The van der Waals surface area contributed by atoms with Gasteiger partial charge in [0, 0.05) is 12.1 Å². The second kappa shape index (κ2) is 7.92. The van der Waals surface area contributed by atoms with E-state index in [1.165, 1.54) is 18.4 Å². The summed E-state index contributed by atoms with van der Waals surface area (Å²) in [6, 6.07) is 14.0. The minimum absolute atomic E-state index is 0.0249. The summed E-state index contributed by atoms with van der Waals surface area (Å²) in [6.45, 7) is 4.19. The van der Waals surface area contributed by atoms with Gasteiger partial charge in [0.05, 0.1) is 5.69 Å². The van der Waals surface area contributed by atoms with Gasteiger partial charge in [0.15, 0.2) is 0 Å². The second-order valence-corrected chi connectivity index (χ2v) is 6.26. The Morgan fingerprint density at radius 1 is 1.00 bits per heavy atom. The fourth-order valence-electron chi connectivity index (χ4n) is 2.74. The molecule has 0 spiro atoms. The highest BCUT2D eigenvalue weighted by atomic mass is 16.1. The summed E-state index contributed by atoms with van der Waals surface area (Å²) in [6.07, 6.45) is 4.86. The molecule has 25 heavy (non-hydrogen) atoms. The standard InChI is InChI=1S/C20H24N4O/c1-3-5-7-15-8-11-17(12-9-15)24-22-18-13-10-16(14-19(18)23-24)21-20(25)6-4-2/h8-14H,3-7H2,1-2H3,(H,21,25). The molecule has 0 aliphatic carbocycles. The molecular formula is C20H24N4O. The molecule has 0 radical (unpaired) electrons. The van der Waals surface area contributed by atoms with Crippen LogP contribution in [0.25, 0.3) is 16.7 Å². The largest absolute Gasteiger partial charge is 0.326 e. The number of benzene rings is 2. The molecule has 3 rings (SSSR count). The number of rotatable bonds is 7. The average Bonchev–Trinajstić information content (AvgIpc) is 3.04. The highest BCUT2D eigenvalue weighted by Crippen LogP contribution is 2.18. The predicted octanol–water partition coefficient (Wildman–Crippen LogP) is 4.50. The fraction of sp³-hybridized carbons (Fsp3) is 0.350. The maximum Gasteiger partial charge on any atom is 0.224 e. The first-order valence-electron chi connectivity index (χ1n) is 8.96. The summed E-state index contributed by atoms with van der Waals surface area (Å²) in [7, 11) is 0. The average molecular weight is 336 g/mol. The van der Waals surface area contributed by atoms with Crippen LogP contribution in [0.15, 0.2) is 42.5 Å². The van der Waals surface area contributed by atoms with Gasteiger partial charge in [0.25, 0.3) is 0 Å². The van der Waals surface area contributed by atoms with Crippen LogP contribution in [0.5, 0.6) is 0 Å². The Morgan fingerprint density at radius 2 is 1.76 bits per heavy atom. The van der Waals surface area contributed by atoms with E-state index in [0.717, 1.165) is 35.2 Å². The van der Waals surface area contributed by atoms with E-state index in [-0.39, 0.29) is 5.91 Å². The number of aryl methyl sites for hydroxylation is 1. The summed E-state index contributed by atoms with van der Waals surface area (Å²) in [5, 5.41) is 12.0. The molecule has 1 amide bonds. The lowest BCUT2D eigenvalue weighted by molar-refractivity contribution is -0.116. The van der Waals surface area contributed by atoms with Crippen molar-refractivity contribution in [2.45, 2.75) is 46.0 Å². The molecule has 0 bridgehead atoms. The van der Waals surface area contributed by atoms with Crippen molar-refractivity contribution in [3.63, 3.8) is 0 Å². The SMILES string of the molecule is CCCCc1ccc(-n2nc3ccc(NC(=O)CCC)cc3n2)cc1. The Morgan fingerprint density at radius 3 is 2.48 bits per heavy atom. The number of anilines is 1. The Bertz CT molecular complexity index is 852.